The number of piperidine rings is 1. The minimum atomic E-state index is 0.127. The van der Waals surface area contributed by atoms with Crippen LogP contribution in [-0.2, 0) is 11.3 Å². The number of rotatable bonds is 3. The van der Waals surface area contributed by atoms with E-state index in [1.807, 2.05) is 41.0 Å². The number of benzene rings is 1. The number of carbonyl (C=O) groups excluding carboxylic acids is 1. The first-order chi connectivity index (χ1) is 11.7. The highest BCUT2D eigenvalue weighted by Crippen LogP contribution is 2.38. The summed E-state index contributed by atoms with van der Waals surface area (Å²) in [6.45, 7) is 3.03. The molecule has 5 nitrogen and oxygen atoms in total. The minimum absolute atomic E-state index is 0.127. The molecule has 1 amide bonds. The van der Waals surface area contributed by atoms with Gasteiger partial charge in [0.2, 0.25) is 5.91 Å². The van der Waals surface area contributed by atoms with Crippen LogP contribution in [0.2, 0.25) is 0 Å². The molecule has 4 rings (SSSR count). The van der Waals surface area contributed by atoms with E-state index in [2.05, 4.69) is 28.3 Å². The summed E-state index contributed by atoms with van der Waals surface area (Å²) >= 11 is 0. The Kier molecular flexibility index (Phi) is 3.88. The smallest absolute Gasteiger partial charge is 0.222 e. The molecule has 0 atom stereocenters. The van der Waals surface area contributed by atoms with E-state index in [-0.39, 0.29) is 5.54 Å². The van der Waals surface area contributed by atoms with E-state index in [0.29, 0.717) is 5.91 Å². The standard InChI is InChI=1S/C19H24N4O/c1-21-18(24)7-8-19(21)9-11-22(12-10-19)14-16-13-20-23(15-16)17-5-3-2-4-6-17/h2-6,13,15H,7-12,14H2,1H3. The highest BCUT2D eigenvalue weighted by atomic mass is 16.2. The first-order valence-corrected chi connectivity index (χ1v) is 8.74. The van der Waals surface area contributed by atoms with Crippen LogP contribution in [-0.4, -0.2) is 51.2 Å². The molecule has 0 saturated carbocycles. The Morgan fingerprint density at radius 3 is 2.54 bits per heavy atom. The Balaban J connectivity index is 1.38. The zero-order valence-corrected chi connectivity index (χ0v) is 14.2. The molecule has 1 aromatic heterocycles. The van der Waals surface area contributed by atoms with Crippen LogP contribution in [0.25, 0.3) is 5.69 Å². The normalized spacial score (nSPS) is 20.9. The number of carbonyl (C=O) groups is 1. The van der Waals surface area contributed by atoms with Crippen molar-refractivity contribution in [3.05, 3.63) is 48.3 Å². The molecule has 0 bridgehead atoms. The van der Waals surface area contributed by atoms with Gasteiger partial charge in [0.05, 0.1) is 11.9 Å². The van der Waals surface area contributed by atoms with E-state index >= 15 is 0 Å². The van der Waals surface area contributed by atoms with E-state index in [1.165, 1.54) is 5.56 Å². The van der Waals surface area contributed by atoms with Gasteiger partial charge in [0.25, 0.3) is 0 Å². The number of para-hydroxylation sites is 1. The molecule has 1 spiro atoms. The summed E-state index contributed by atoms with van der Waals surface area (Å²) in [5.74, 6) is 0.313. The maximum Gasteiger partial charge on any atom is 0.222 e. The number of hydrogen-bond donors (Lipinski definition) is 0. The fourth-order valence-electron chi connectivity index (χ4n) is 4.07. The van der Waals surface area contributed by atoms with E-state index in [1.54, 1.807) is 0 Å². The van der Waals surface area contributed by atoms with Crippen LogP contribution in [0.3, 0.4) is 0 Å². The van der Waals surface area contributed by atoms with Gasteiger partial charge in [-0.3, -0.25) is 9.69 Å². The van der Waals surface area contributed by atoms with E-state index in [9.17, 15) is 4.79 Å². The van der Waals surface area contributed by atoms with Gasteiger partial charge in [-0.05, 0) is 31.4 Å². The van der Waals surface area contributed by atoms with Crippen LogP contribution in [0.1, 0.15) is 31.2 Å². The molecule has 2 fully saturated rings. The van der Waals surface area contributed by atoms with Gasteiger partial charge in [0.1, 0.15) is 0 Å². The van der Waals surface area contributed by atoms with Gasteiger partial charge in [-0.2, -0.15) is 5.10 Å². The molecule has 2 aliphatic rings. The summed E-state index contributed by atoms with van der Waals surface area (Å²) in [5.41, 5.74) is 2.46. The van der Waals surface area contributed by atoms with Gasteiger partial charge in [-0.1, -0.05) is 18.2 Å². The van der Waals surface area contributed by atoms with Crippen molar-refractivity contribution in [2.24, 2.45) is 0 Å². The summed E-state index contributed by atoms with van der Waals surface area (Å²) in [5, 5.41) is 4.48. The zero-order valence-electron chi connectivity index (χ0n) is 14.2. The predicted octanol–water partition coefficient (Wildman–Crippen LogP) is 2.46. The maximum atomic E-state index is 11.9. The molecule has 2 saturated heterocycles. The molecule has 3 heterocycles. The Labute approximate surface area is 142 Å². The van der Waals surface area contributed by atoms with Gasteiger partial charge in [-0.25, -0.2) is 4.68 Å². The lowest BCUT2D eigenvalue weighted by molar-refractivity contribution is -0.130. The summed E-state index contributed by atoms with van der Waals surface area (Å²) in [6, 6.07) is 10.2. The lowest BCUT2D eigenvalue weighted by atomic mass is 9.85. The lowest BCUT2D eigenvalue weighted by Gasteiger charge is -2.43. The van der Waals surface area contributed by atoms with E-state index < -0.39 is 0 Å². The van der Waals surface area contributed by atoms with Gasteiger partial charge in [0.15, 0.2) is 0 Å². The highest BCUT2D eigenvalue weighted by molar-refractivity contribution is 5.79. The van der Waals surface area contributed by atoms with Gasteiger partial charge < -0.3 is 4.90 Å². The number of amides is 1. The first kappa shape index (κ1) is 15.4. The van der Waals surface area contributed by atoms with Crippen molar-refractivity contribution in [2.45, 2.75) is 37.8 Å². The minimum Gasteiger partial charge on any atom is -0.340 e. The molecule has 0 aliphatic carbocycles. The Hall–Kier alpha value is -2.14. The molecule has 5 heteroatoms. The zero-order chi connectivity index (χ0) is 16.6. The van der Waals surface area contributed by atoms with Gasteiger partial charge in [0, 0.05) is 50.4 Å². The molecule has 2 aromatic rings. The van der Waals surface area contributed by atoms with Crippen molar-refractivity contribution < 1.29 is 4.79 Å². The molecule has 0 radical (unpaired) electrons. The fourth-order valence-corrected chi connectivity index (χ4v) is 4.07. The fraction of sp³-hybridized carbons (Fsp3) is 0.474. The molecule has 0 unspecified atom stereocenters. The molecule has 1 aromatic carbocycles. The average Bonchev–Trinajstić information content (AvgIpc) is 3.19. The van der Waals surface area contributed by atoms with Crippen molar-refractivity contribution in [1.29, 1.82) is 0 Å². The molecular formula is C19H24N4O. The van der Waals surface area contributed by atoms with Crippen molar-refractivity contribution in [3.8, 4) is 5.69 Å². The third kappa shape index (κ3) is 2.73. The topological polar surface area (TPSA) is 41.4 Å². The lowest BCUT2D eigenvalue weighted by Crippen LogP contribution is -2.51. The van der Waals surface area contributed by atoms with Crippen molar-refractivity contribution in [2.75, 3.05) is 20.1 Å². The van der Waals surface area contributed by atoms with Crippen molar-refractivity contribution in [1.82, 2.24) is 19.6 Å². The third-order valence-electron chi connectivity index (χ3n) is 5.74. The first-order valence-electron chi connectivity index (χ1n) is 8.74. The molecule has 24 heavy (non-hydrogen) atoms. The Morgan fingerprint density at radius 1 is 1.12 bits per heavy atom. The second-order valence-corrected chi connectivity index (χ2v) is 7.08. The van der Waals surface area contributed by atoms with Crippen LogP contribution in [0.15, 0.2) is 42.7 Å². The predicted molar refractivity (Wildman–Crippen MR) is 92.8 cm³/mol. The van der Waals surface area contributed by atoms with Crippen LogP contribution in [0.5, 0.6) is 0 Å². The third-order valence-corrected chi connectivity index (χ3v) is 5.74. The largest absolute Gasteiger partial charge is 0.340 e. The summed E-state index contributed by atoms with van der Waals surface area (Å²) in [6.07, 6.45) is 8.00. The quantitative estimate of drug-likeness (QED) is 0.871. The highest BCUT2D eigenvalue weighted by Gasteiger charge is 2.44. The second kappa shape index (κ2) is 6.06. The number of hydrogen-bond acceptors (Lipinski definition) is 3. The van der Waals surface area contributed by atoms with Crippen LogP contribution >= 0.6 is 0 Å². The molecule has 0 N–H and O–H groups in total. The Morgan fingerprint density at radius 2 is 1.88 bits per heavy atom. The molecular weight excluding hydrogens is 300 g/mol. The van der Waals surface area contributed by atoms with E-state index in [4.69, 9.17) is 0 Å². The maximum absolute atomic E-state index is 11.9. The monoisotopic (exact) mass is 324 g/mol. The van der Waals surface area contributed by atoms with Crippen molar-refractivity contribution in [3.63, 3.8) is 0 Å². The van der Waals surface area contributed by atoms with Crippen molar-refractivity contribution >= 4 is 5.91 Å². The van der Waals surface area contributed by atoms with E-state index in [0.717, 1.165) is 51.0 Å². The molecule has 2 aliphatic heterocycles. The van der Waals surface area contributed by atoms with Crippen LogP contribution in [0.4, 0.5) is 0 Å². The van der Waals surface area contributed by atoms with Crippen LogP contribution in [0, 0.1) is 0 Å². The number of aromatic nitrogens is 2. The SMILES string of the molecule is CN1C(=O)CCC12CCN(Cc1cnn(-c3ccccc3)c1)CC2. The number of nitrogens with zero attached hydrogens (tertiary/aromatic N) is 4. The van der Waals surface area contributed by atoms with Gasteiger partial charge >= 0.3 is 0 Å². The van der Waals surface area contributed by atoms with Crippen LogP contribution < -0.4 is 0 Å². The Bertz CT molecular complexity index is 716. The number of likely N-dealkylation sites (tertiary alicyclic amines) is 2. The van der Waals surface area contributed by atoms with Gasteiger partial charge in [-0.15, -0.1) is 0 Å². The summed E-state index contributed by atoms with van der Waals surface area (Å²) in [7, 11) is 1.98. The molecule has 126 valence electrons. The second-order valence-electron chi connectivity index (χ2n) is 7.08. The average molecular weight is 324 g/mol. The summed E-state index contributed by atoms with van der Waals surface area (Å²) < 4.78 is 1.93. The summed E-state index contributed by atoms with van der Waals surface area (Å²) in [4.78, 5) is 16.4.